The SMILES string of the molecule is COc1cc2c(Oc3ccc(NC(=O)C4(C(=O)Nc5ccc(F)cc5)CC4)cc3)ccnc2cc1N1CCC(C(=O)NCCCCCCCCCCC(=O)N[C@H](C(=O)N2C[C@H](O)C[C@H]2C(=O)NCc2ccc(-c3scnc3C)cc2)C(C)(C)C)CC1. The van der Waals surface area contributed by atoms with Gasteiger partial charge in [-0.25, -0.2) is 9.37 Å². The van der Waals surface area contributed by atoms with Crippen LogP contribution in [-0.2, 0) is 35.3 Å². The number of carbonyl (C=O) groups excluding carboxylic acids is 6. The first-order valence-electron chi connectivity index (χ1n) is 30.1. The lowest BCUT2D eigenvalue weighted by Gasteiger charge is -2.35. The molecule has 6 aromatic rings. The molecule has 1 aliphatic carbocycles. The fourth-order valence-electron chi connectivity index (χ4n) is 11.3. The molecule has 86 heavy (non-hydrogen) atoms. The molecule has 6 N–H and O–H groups in total. The van der Waals surface area contributed by atoms with Crippen LogP contribution in [0.5, 0.6) is 17.2 Å². The number of anilines is 3. The van der Waals surface area contributed by atoms with Crippen LogP contribution < -0.4 is 41.0 Å². The van der Waals surface area contributed by atoms with Crippen LogP contribution in [0.1, 0.15) is 122 Å². The number of β-amino-alcohol motifs (C(OH)–C–C–N with tert-alkyl or cyclic N) is 1. The van der Waals surface area contributed by atoms with Crippen molar-refractivity contribution in [2.75, 3.05) is 48.8 Å². The number of aromatic nitrogens is 2. The number of thiazole rings is 1. The number of ether oxygens (including phenoxy) is 2. The number of hydrogen-bond donors (Lipinski definition) is 6. The maximum Gasteiger partial charge on any atom is 0.246 e. The van der Waals surface area contributed by atoms with Crippen LogP contribution in [0.2, 0.25) is 0 Å². The molecule has 20 heteroatoms. The van der Waals surface area contributed by atoms with Gasteiger partial charge in [0.1, 0.15) is 40.6 Å². The molecule has 4 aromatic carbocycles. The molecule has 4 heterocycles. The molecule has 3 fully saturated rings. The van der Waals surface area contributed by atoms with Gasteiger partial charge in [-0.3, -0.25) is 33.8 Å². The molecule has 0 unspecified atom stereocenters. The average molecular weight is 1190 g/mol. The fourth-order valence-corrected chi connectivity index (χ4v) is 12.1. The summed E-state index contributed by atoms with van der Waals surface area (Å²) in [5.74, 6) is -0.409. The topological polar surface area (TPSA) is 234 Å². The van der Waals surface area contributed by atoms with Crippen LogP contribution in [-0.4, -0.2) is 107 Å². The zero-order valence-electron chi connectivity index (χ0n) is 49.8. The van der Waals surface area contributed by atoms with Crippen molar-refractivity contribution < 1.29 is 47.7 Å². The second kappa shape index (κ2) is 28.5. The summed E-state index contributed by atoms with van der Waals surface area (Å²) in [7, 11) is 1.63. The van der Waals surface area contributed by atoms with Gasteiger partial charge in [-0.2, -0.15) is 0 Å². The van der Waals surface area contributed by atoms with E-state index in [1.165, 1.54) is 29.2 Å². The first kappa shape index (κ1) is 62.6. The number of fused-ring (bicyclic) bond motifs is 1. The lowest BCUT2D eigenvalue weighted by Crippen LogP contribution is -2.57. The van der Waals surface area contributed by atoms with Gasteiger partial charge in [-0.1, -0.05) is 83.6 Å². The molecular weight excluding hydrogens is 1110 g/mol. The van der Waals surface area contributed by atoms with E-state index in [0.29, 0.717) is 86.8 Å². The zero-order chi connectivity index (χ0) is 61.0. The summed E-state index contributed by atoms with van der Waals surface area (Å²) in [6.45, 7) is 9.93. The molecule has 0 spiro atoms. The highest BCUT2D eigenvalue weighted by Crippen LogP contribution is 2.48. The summed E-state index contributed by atoms with van der Waals surface area (Å²) in [4.78, 5) is 94.1. The molecule has 0 radical (unpaired) electrons. The summed E-state index contributed by atoms with van der Waals surface area (Å²) >= 11 is 1.58. The number of likely N-dealkylation sites (tertiary alicyclic amines) is 1. The molecule has 2 aromatic heterocycles. The minimum absolute atomic E-state index is 0.0209. The fraction of sp³-hybridized carbons (Fsp3) is 0.455. The number of halogens is 1. The molecule has 9 rings (SSSR count). The number of amides is 6. The van der Waals surface area contributed by atoms with Crippen LogP contribution in [0.25, 0.3) is 21.3 Å². The molecule has 3 aliphatic rings. The Labute approximate surface area is 506 Å². The average Bonchev–Trinajstić information content (AvgIpc) is 1.77. The standard InChI is InChI=1S/C66H80FN9O9S/c1-42-58(86-41-71-42)44-17-15-43(16-18-44)39-70-61(80)54-36-49(77)40-76(54)62(81)59(65(2,3)4)74-57(78)14-12-10-8-6-7-9-11-13-32-69-60(79)45-28-34-75(35-29-45)53-38-52-51(37-56(53)84-5)55(27-33-68-52)85-50-25-23-48(24-26-50)73-64(83)66(30-31-66)63(82)72-47-21-19-46(67)20-22-47/h15-27,33,37-38,41,45,49,54,59,77H,6-14,28-32,34-36,39-40H2,1-5H3,(H,69,79)(H,70,80)(H,72,82)(H,73,83)(H,74,78)/t49-,54+,59-/m1/s1. The predicted octanol–water partition coefficient (Wildman–Crippen LogP) is 10.6. The first-order chi connectivity index (χ1) is 41.4. The van der Waals surface area contributed by atoms with Crippen molar-refractivity contribution in [3.63, 3.8) is 0 Å². The smallest absolute Gasteiger partial charge is 0.246 e. The summed E-state index contributed by atoms with van der Waals surface area (Å²) in [5.41, 5.74) is 5.47. The highest BCUT2D eigenvalue weighted by molar-refractivity contribution is 7.13. The van der Waals surface area contributed by atoms with Crippen LogP contribution in [0.15, 0.2) is 103 Å². The van der Waals surface area contributed by atoms with Crippen molar-refractivity contribution in [1.82, 2.24) is 30.8 Å². The van der Waals surface area contributed by atoms with Crippen molar-refractivity contribution in [1.29, 1.82) is 0 Å². The van der Waals surface area contributed by atoms with E-state index in [1.807, 2.05) is 69.6 Å². The molecule has 456 valence electrons. The lowest BCUT2D eigenvalue weighted by atomic mass is 9.85. The number of nitrogens with zero attached hydrogens (tertiary/aromatic N) is 4. The van der Waals surface area contributed by atoms with E-state index in [-0.39, 0.29) is 49.1 Å². The number of hydrogen-bond acceptors (Lipinski definition) is 13. The van der Waals surface area contributed by atoms with Crippen molar-refractivity contribution in [2.24, 2.45) is 16.7 Å². The predicted molar refractivity (Wildman–Crippen MR) is 331 cm³/mol. The van der Waals surface area contributed by atoms with E-state index in [1.54, 1.807) is 55.0 Å². The summed E-state index contributed by atoms with van der Waals surface area (Å²) in [6, 6.07) is 24.2. The van der Waals surface area contributed by atoms with Gasteiger partial charge < -0.3 is 51.0 Å². The Morgan fingerprint density at radius 3 is 2.03 bits per heavy atom. The van der Waals surface area contributed by atoms with Gasteiger partial charge in [0, 0.05) is 74.4 Å². The van der Waals surface area contributed by atoms with E-state index >= 15 is 0 Å². The monoisotopic (exact) mass is 1190 g/mol. The van der Waals surface area contributed by atoms with Crippen molar-refractivity contribution >= 4 is 74.7 Å². The summed E-state index contributed by atoms with van der Waals surface area (Å²) in [5, 5.41) is 26.1. The van der Waals surface area contributed by atoms with Gasteiger partial charge in [0.25, 0.3) is 0 Å². The number of unbranched alkanes of at least 4 members (excludes halogenated alkanes) is 7. The molecule has 6 amide bonds. The molecule has 2 saturated heterocycles. The van der Waals surface area contributed by atoms with Gasteiger partial charge in [0.15, 0.2) is 0 Å². The van der Waals surface area contributed by atoms with Gasteiger partial charge in [0.05, 0.1) is 40.5 Å². The van der Waals surface area contributed by atoms with Crippen molar-refractivity contribution in [2.45, 2.75) is 142 Å². The third kappa shape index (κ3) is 15.9. The molecule has 3 atom stereocenters. The number of aliphatic hydroxyl groups excluding tert-OH is 1. The highest BCUT2D eigenvalue weighted by Gasteiger charge is 2.56. The van der Waals surface area contributed by atoms with Crippen LogP contribution in [0.4, 0.5) is 21.5 Å². The van der Waals surface area contributed by atoms with Crippen molar-refractivity contribution in [3.05, 3.63) is 120 Å². The Kier molecular flexibility index (Phi) is 20.7. The second-order valence-corrected chi connectivity index (χ2v) is 24.9. The minimum Gasteiger partial charge on any atom is -0.495 e. The van der Waals surface area contributed by atoms with Crippen LogP contribution in [0.3, 0.4) is 0 Å². The van der Waals surface area contributed by atoms with Crippen molar-refractivity contribution in [3.8, 4) is 27.7 Å². The highest BCUT2D eigenvalue weighted by atomic mass is 32.1. The van der Waals surface area contributed by atoms with Gasteiger partial charge in [0.2, 0.25) is 35.4 Å². The molecule has 2 aliphatic heterocycles. The second-order valence-electron chi connectivity index (χ2n) is 24.0. The normalized spacial score (nSPS) is 16.9. The Balaban J connectivity index is 0.635. The quantitative estimate of drug-likeness (QED) is 0.0220. The van der Waals surface area contributed by atoms with Gasteiger partial charge in [-0.15, -0.1) is 11.3 Å². The molecule has 1 saturated carbocycles. The third-order valence-electron chi connectivity index (χ3n) is 16.6. The van der Waals surface area contributed by atoms with Gasteiger partial charge >= 0.3 is 0 Å². The first-order valence-corrected chi connectivity index (χ1v) is 31.0. The maximum absolute atomic E-state index is 14.1. The number of pyridine rings is 1. The Hall–Kier alpha value is -7.97. The molecular formula is C66H80FN9O9S. The molecule has 0 bridgehead atoms. The Morgan fingerprint density at radius 2 is 1.42 bits per heavy atom. The molecule has 18 nitrogen and oxygen atoms in total. The number of aliphatic hydroxyl groups is 1. The van der Waals surface area contributed by atoms with Crippen LogP contribution >= 0.6 is 11.3 Å². The number of nitrogens with one attached hydrogen (secondary N) is 5. The largest absolute Gasteiger partial charge is 0.495 e. The summed E-state index contributed by atoms with van der Waals surface area (Å²) < 4.78 is 25.6. The Bertz CT molecular complexity index is 3340. The van der Waals surface area contributed by atoms with Gasteiger partial charge in [-0.05, 0) is 129 Å². The number of rotatable bonds is 26. The number of methoxy groups -OCH3 is 1. The minimum atomic E-state index is -1.19. The number of carbonyl (C=O) groups is 6. The number of aryl methyl sites for hydroxylation is 1. The van der Waals surface area contributed by atoms with E-state index in [2.05, 4.69) is 41.5 Å². The lowest BCUT2D eigenvalue weighted by molar-refractivity contribution is -0.144. The van der Waals surface area contributed by atoms with E-state index < -0.39 is 46.6 Å². The number of piperidine rings is 1. The maximum atomic E-state index is 14.1. The van der Waals surface area contributed by atoms with E-state index in [4.69, 9.17) is 9.47 Å². The zero-order valence-corrected chi connectivity index (χ0v) is 50.7. The third-order valence-corrected chi connectivity index (χ3v) is 17.6. The van der Waals surface area contributed by atoms with E-state index in [9.17, 15) is 38.3 Å². The summed E-state index contributed by atoms with van der Waals surface area (Å²) in [6.07, 6.45) is 11.2. The number of benzene rings is 4. The van der Waals surface area contributed by atoms with Crippen LogP contribution in [0, 0.1) is 29.5 Å². The Morgan fingerprint density at radius 1 is 0.779 bits per heavy atom. The van der Waals surface area contributed by atoms with E-state index in [0.717, 1.165) is 83.2 Å².